The van der Waals surface area contributed by atoms with E-state index in [9.17, 15) is 18.3 Å². The fourth-order valence-corrected chi connectivity index (χ4v) is 4.51. The molecule has 20 heavy (non-hydrogen) atoms. The molecule has 2 unspecified atom stereocenters. The first kappa shape index (κ1) is 15.5. The van der Waals surface area contributed by atoms with E-state index in [2.05, 4.69) is 15.9 Å². The van der Waals surface area contributed by atoms with Gasteiger partial charge in [-0.25, -0.2) is 8.42 Å². The number of rotatable bonds is 3. The number of carboxylic acids is 1. The van der Waals surface area contributed by atoms with E-state index in [1.165, 1.54) is 12.1 Å². The lowest BCUT2D eigenvalue weighted by molar-refractivity contribution is -0.144. The summed E-state index contributed by atoms with van der Waals surface area (Å²) in [5.41, 5.74) is 0. The first-order chi connectivity index (χ1) is 9.34. The van der Waals surface area contributed by atoms with Gasteiger partial charge in [0.15, 0.2) is 0 Å². The number of sulfonamides is 1. The van der Waals surface area contributed by atoms with Crippen LogP contribution in [0.1, 0.15) is 19.8 Å². The first-order valence-electron chi connectivity index (χ1n) is 6.34. The standard InChI is InChI=1S/C13H16BrNO4S/c1-9-3-2-8-15(12(9)13(16)17)20(18,19)11-6-4-10(14)5-7-11/h4-7,9,12H,2-3,8H2,1H3,(H,16,17). The number of carbonyl (C=O) groups is 1. The molecule has 0 aliphatic carbocycles. The summed E-state index contributed by atoms with van der Waals surface area (Å²) in [7, 11) is -3.77. The van der Waals surface area contributed by atoms with Gasteiger partial charge in [0.1, 0.15) is 6.04 Å². The number of piperidine rings is 1. The quantitative estimate of drug-likeness (QED) is 0.896. The highest BCUT2D eigenvalue weighted by Crippen LogP contribution is 2.29. The van der Waals surface area contributed by atoms with Crippen molar-refractivity contribution in [3.8, 4) is 0 Å². The largest absolute Gasteiger partial charge is 0.480 e. The molecule has 2 atom stereocenters. The molecule has 1 heterocycles. The number of hydrogen-bond donors (Lipinski definition) is 1. The maximum Gasteiger partial charge on any atom is 0.322 e. The molecular formula is C13H16BrNO4S. The molecule has 7 heteroatoms. The lowest BCUT2D eigenvalue weighted by atomic mass is 9.93. The number of hydrogen-bond acceptors (Lipinski definition) is 3. The van der Waals surface area contributed by atoms with Crippen LogP contribution in [0.15, 0.2) is 33.6 Å². The molecule has 0 bridgehead atoms. The van der Waals surface area contributed by atoms with Gasteiger partial charge in [-0.15, -0.1) is 0 Å². The van der Waals surface area contributed by atoms with Crippen molar-refractivity contribution in [2.75, 3.05) is 6.54 Å². The van der Waals surface area contributed by atoms with Crippen molar-refractivity contribution in [3.63, 3.8) is 0 Å². The van der Waals surface area contributed by atoms with Gasteiger partial charge in [-0.05, 0) is 43.0 Å². The van der Waals surface area contributed by atoms with Gasteiger partial charge in [-0.1, -0.05) is 22.9 Å². The minimum Gasteiger partial charge on any atom is -0.480 e. The smallest absolute Gasteiger partial charge is 0.322 e. The maximum absolute atomic E-state index is 12.6. The molecule has 0 aromatic heterocycles. The van der Waals surface area contributed by atoms with Crippen LogP contribution in [0.3, 0.4) is 0 Å². The molecule has 0 radical (unpaired) electrons. The van der Waals surface area contributed by atoms with Gasteiger partial charge in [0, 0.05) is 11.0 Å². The molecule has 110 valence electrons. The monoisotopic (exact) mass is 361 g/mol. The highest BCUT2D eigenvalue weighted by Gasteiger charge is 2.41. The molecular weight excluding hydrogens is 346 g/mol. The van der Waals surface area contributed by atoms with E-state index < -0.39 is 22.0 Å². The zero-order valence-corrected chi connectivity index (χ0v) is 13.4. The molecule has 2 rings (SSSR count). The van der Waals surface area contributed by atoms with Crippen LogP contribution in [0.5, 0.6) is 0 Å². The second-order valence-corrected chi connectivity index (χ2v) is 7.78. The van der Waals surface area contributed by atoms with Crippen LogP contribution in [0, 0.1) is 5.92 Å². The number of carboxylic acid groups (broad SMARTS) is 1. The lowest BCUT2D eigenvalue weighted by Crippen LogP contribution is -2.51. The number of halogens is 1. The molecule has 0 saturated carbocycles. The summed E-state index contributed by atoms with van der Waals surface area (Å²) in [6.07, 6.45) is 1.41. The average Bonchev–Trinajstić information content (AvgIpc) is 2.38. The lowest BCUT2D eigenvalue weighted by Gasteiger charge is -2.36. The second kappa shape index (κ2) is 5.83. The molecule has 1 N–H and O–H groups in total. The highest BCUT2D eigenvalue weighted by molar-refractivity contribution is 9.10. The van der Waals surface area contributed by atoms with Crippen LogP contribution in [0.2, 0.25) is 0 Å². The molecule has 1 aliphatic rings. The van der Waals surface area contributed by atoms with Gasteiger partial charge in [0.2, 0.25) is 10.0 Å². The molecule has 1 aromatic rings. The van der Waals surface area contributed by atoms with Gasteiger partial charge < -0.3 is 5.11 Å². The summed E-state index contributed by atoms with van der Waals surface area (Å²) in [4.78, 5) is 11.5. The van der Waals surface area contributed by atoms with Crippen LogP contribution in [-0.4, -0.2) is 36.4 Å². The van der Waals surface area contributed by atoms with E-state index in [0.29, 0.717) is 6.42 Å². The molecule has 1 fully saturated rings. The van der Waals surface area contributed by atoms with Crippen LogP contribution >= 0.6 is 15.9 Å². The van der Waals surface area contributed by atoms with E-state index in [4.69, 9.17) is 0 Å². The minimum absolute atomic E-state index is 0.126. The van der Waals surface area contributed by atoms with Crippen LogP contribution in [0.25, 0.3) is 0 Å². The van der Waals surface area contributed by atoms with Crippen molar-refractivity contribution in [1.29, 1.82) is 0 Å². The third-order valence-corrected chi connectivity index (χ3v) is 5.98. The Morgan fingerprint density at radius 1 is 1.35 bits per heavy atom. The maximum atomic E-state index is 12.6. The van der Waals surface area contributed by atoms with Crippen LogP contribution in [-0.2, 0) is 14.8 Å². The van der Waals surface area contributed by atoms with Crippen molar-refractivity contribution >= 4 is 31.9 Å². The number of benzene rings is 1. The summed E-state index contributed by atoms with van der Waals surface area (Å²) in [5.74, 6) is -1.27. The molecule has 1 saturated heterocycles. The highest BCUT2D eigenvalue weighted by atomic mass is 79.9. The Bertz CT molecular complexity index is 599. The van der Waals surface area contributed by atoms with Crippen molar-refractivity contribution in [1.82, 2.24) is 4.31 Å². The van der Waals surface area contributed by atoms with Crippen LogP contribution < -0.4 is 0 Å². The Balaban J connectivity index is 2.41. The van der Waals surface area contributed by atoms with E-state index >= 15 is 0 Å². The van der Waals surface area contributed by atoms with Crippen molar-refractivity contribution in [2.24, 2.45) is 5.92 Å². The molecule has 5 nitrogen and oxygen atoms in total. The van der Waals surface area contributed by atoms with Crippen molar-refractivity contribution < 1.29 is 18.3 Å². The topological polar surface area (TPSA) is 74.7 Å². The van der Waals surface area contributed by atoms with Gasteiger partial charge in [-0.2, -0.15) is 4.31 Å². The zero-order chi connectivity index (χ0) is 14.9. The Morgan fingerprint density at radius 2 is 1.95 bits per heavy atom. The Morgan fingerprint density at radius 3 is 2.50 bits per heavy atom. The Kier molecular flexibility index (Phi) is 4.51. The molecule has 0 spiro atoms. The minimum atomic E-state index is -3.77. The Hall–Kier alpha value is -0.920. The first-order valence-corrected chi connectivity index (χ1v) is 8.57. The van der Waals surface area contributed by atoms with E-state index in [1.807, 2.05) is 0 Å². The van der Waals surface area contributed by atoms with Crippen molar-refractivity contribution in [3.05, 3.63) is 28.7 Å². The van der Waals surface area contributed by atoms with E-state index in [0.717, 1.165) is 15.2 Å². The second-order valence-electron chi connectivity index (χ2n) is 4.97. The summed E-state index contributed by atoms with van der Waals surface area (Å²) < 4.78 is 27.1. The summed E-state index contributed by atoms with van der Waals surface area (Å²) in [5, 5.41) is 9.32. The fraction of sp³-hybridized carbons (Fsp3) is 0.462. The summed E-state index contributed by atoms with van der Waals surface area (Å²) in [6.45, 7) is 2.03. The van der Waals surface area contributed by atoms with Gasteiger partial charge in [-0.3, -0.25) is 4.79 Å². The molecule has 0 amide bonds. The van der Waals surface area contributed by atoms with Gasteiger partial charge in [0.25, 0.3) is 0 Å². The van der Waals surface area contributed by atoms with Gasteiger partial charge in [0.05, 0.1) is 4.90 Å². The third kappa shape index (κ3) is 2.89. The van der Waals surface area contributed by atoms with E-state index in [-0.39, 0.29) is 17.4 Å². The van der Waals surface area contributed by atoms with Crippen LogP contribution in [0.4, 0.5) is 0 Å². The fourth-order valence-electron chi connectivity index (χ4n) is 2.53. The van der Waals surface area contributed by atoms with E-state index in [1.54, 1.807) is 19.1 Å². The summed E-state index contributed by atoms with van der Waals surface area (Å²) in [6, 6.07) is 5.25. The number of aliphatic carboxylic acids is 1. The summed E-state index contributed by atoms with van der Waals surface area (Å²) >= 11 is 3.25. The van der Waals surface area contributed by atoms with Crippen molar-refractivity contribution in [2.45, 2.75) is 30.7 Å². The zero-order valence-electron chi connectivity index (χ0n) is 11.0. The predicted octanol–water partition coefficient (Wildman–Crippen LogP) is 2.32. The predicted molar refractivity (Wildman–Crippen MR) is 77.9 cm³/mol. The third-order valence-electron chi connectivity index (χ3n) is 3.56. The average molecular weight is 362 g/mol. The molecule has 1 aromatic carbocycles. The Labute approximate surface area is 126 Å². The number of nitrogens with zero attached hydrogens (tertiary/aromatic N) is 1. The SMILES string of the molecule is CC1CCCN(S(=O)(=O)c2ccc(Br)cc2)C1C(=O)O. The molecule has 1 aliphatic heterocycles. The van der Waals surface area contributed by atoms with Gasteiger partial charge >= 0.3 is 5.97 Å². The normalized spacial score (nSPS) is 24.5.